The molecule has 8 heteroatoms. The molecule has 1 rings (SSSR count). The van der Waals surface area contributed by atoms with Gasteiger partial charge in [0.15, 0.2) is 5.82 Å². The van der Waals surface area contributed by atoms with Crippen LogP contribution in [0, 0.1) is 5.82 Å². The predicted molar refractivity (Wildman–Crippen MR) is 74.7 cm³/mol. The van der Waals surface area contributed by atoms with Crippen molar-refractivity contribution in [2.24, 2.45) is 0 Å². The molecule has 19 heavy (non-hydrogen) atoms. The number of rotatable bonds is 6. The summed E-state index contributed by atoms with van der Waals surface area (Å²) in [6.45, 7) is 4.64. The first-order chi connectivity index (χ1) is 8.79. The molecule has 0 radical (unpaired) electrons. The third-order valence-corrected chi connectivity index (χ3v) is 4.66. The Labute approximate surface area is 122 Å². The smallest absolute Gasteiger partial charge is 0.242 e. The van der Waals surface area contributed by atoms with Gasteiger partial charge in [-0.3, -0.25) is 0 Å². The predicted octanol–water partition coefficient (Wildman–Crippen LogP) is 2.41. The largest absolute Gasteiger partial charge is 0.313 e. The van der Waals surface area contributed by atoms with Crippen LogP contribution in [0.5, 0.6) is 0 Å². The first kappa shape index (κ1) is 16.7. The Balaban J connectivity index is 2.92. The number of likely N-dealkylation sites (N-methyl/N-ethyl adjacent to an activating group) is 1. The molecule has 1 aromatic carbocycles. The molecule has 0 saturated heterocycles. The highest BCUT2D eigenvalue weighted by Gasteiger charge is 2.22. The van der Waals surface area contributed by atoms with E-state index in [0.29, 0.717) is 0 Å². The summed E-state index contributed by atoms with van der Waals surface area (Å²) >= 11 is 11.2. The zero-order valence-corrected chi connectivity index (χ0v) is 12.8. The van der Waals surface area contributed by atoms with Crippen molar-refractivity contribution in [2.75, 3.05) is 13.1 Å². The maximum Gasteiger partial charge on any atom is 0.242 e. The molecular weight excluding hydrogens is 314 g/mol. The van der Waals surface area contributed by atoms with Gasteiger partial charge in [-0.2, -0.15) is 0 Å². The van der Waals surface area contributed by atoms with Crippen LogP contribution in [-0.2, 0) is 10.0 Å². The maximum atomic E-state index is 13.5. The van der Waals surface area contributed by atoms with Gasteiger partial charge in [-0.1, -0.05) is 30.1 Å². The molecule has 0 aromatic heterocycles. The summed E-state index contributed by atoms with van der Waals surface area (Å²) < 4.78 is 39.8. The van der Waals surface area contributed by atoms with Crippen molar-refractivity contribution < 1.29 is 12.8 Å². The molecule has 0 heterocycles. The number of hydrogen-bond donors (Lipinski definition) is 2. The van der Waals surface area contributed by atoms with Gasteiger partial charge < -0.3 is 5.32 Å². The van der Waals surface area contributed by atoms with E-state index < -0.39 is 20.9 Å². The minimum atomic E-state index is -3.86. The molecule has 0 spiro atoms. The summed E-state index contributed by atoms with van der Waals surface area (Å²) in [7, 11) is -3.86. The van der Waals surface area contributed by atoms with Gasteiger partial charge in [0.05, 0.1) is 10.0 Å². The fourth-order valence-corrected chi connectivity index (χ4v) is 3.32. The summed E-state index contributed by atoms with van der Waals surface area (Å²) in [5.41, 5.74) is 0. The number of hydrogen-bond acceptors (Lipinski definition) is 3. The van der Waals surface area contributed by atoms with Crippen molar-refractivity contribution in [3.63, 3.8) is 0 Å². The highest BCUT2D eigenvalue weighted by atomic mass is 35.5. The number of sulfonamides is 1. The second-order valence-electron chi connectivity index (χ2n) is 3.98. The fourth-order valence-electron chi connectivity index (χ4n) is 1.45. The van der Waals surface area contributed by atoms with Crippen LogP contribution in [0.15, 0.2) is 17.0 Å². The topological polar surface area (TPSA) is 58.2 Å². The van der Waals surface area contributed by atoms with Crippen LogP contribution in [0.4, 0.5) is 4.39 Å². The molecule has 0 amide bonds. The summed E-state index contributed by atoms with van der Waals surface area (Å²) in [4.78, 5) is -0.320. The zero-order valence-electron chi connectivity index (χ0n) is 10.5. The number of halogens is 3. The monoisotopic (exact) mass is 328 g/mol. The van der Waals surface area contributed by atoms with Gasteiger partial charge in [0.2, 0.25) is 10.0 Å². The van der Waals surface area contributed by atoms with Gasteiger partial charge >= 0.3 is 0 Å². The summed E-state index contributed by atoms with van der Waals surface area (Å²) in [5.74, 6) is -0.939. The zero-order chi connectivity index (χ0) is 14.6. The minimum absolute atomic E-state index is 0.0457. The van der Waals surface area contributed by atoms with Crippen LogP contribution in [-0.4, -0.2) is 27.5 Å². The maximum absolute atomic E-state index is 13.5. The Hall–Kier alpha value is -0.400. The lowest BCUT2D eigenvalue weighted by atomic mass is 10.3. The third-order valence-electron chi connectivity index (χ3n) is 2.42. The standard InChI is InChI=1S/C11H15Cl2FN2O2S/c1-3-15-7(2)6-16-19(17,18)9-5-4-8(12)11(14)10(9)13/h4-5,7,15-16H,3,6H2,1-2H3/t7-/m1/s1. The van der Waals surface area contributed by atoms with Crippen molar-refractivity contribution >= 4 is 33.2 Å². The van der Waals surface area contributed by atoms with E-state index in [1.807, 2.05) is 13.8 Å². The Kier molecular flexibility index (Phi) is 6.01. The molecule has 0 saturated carbocycles. The highest BCUT2D eigenvalue weighted by Crippen LogP contribution is 2.29. The second-order valence-corrected chi connectivity index (χ2v) is 6.50. The van der Waals surface area contributed by atoms with Gasteiger partial charge in [0.1, 0.15) is 4.90 Å². The number of benzene rings is 1. The van der Waals surface area contributed by atoms with E-state index in [4.69, 9.17) is 23.2 Å². The fraction of sp³-hybridized carbons (Fsp3) is 0.455. The first-order valence-corrected chi connectivity index (χ1v) is 7.90. The molecule has 4 nitrogen and oxygen atoms in total. The summed E-state index contributed by atoms with van der Waals surface area (Å²) in [5, 5.41) is 2.33. The van der Waals surface area contributed by atoms with Crippen molar-refractivity contribution in [3.8, 4) is 0 Å². The highest BCUT2D eigenvalue weighted by molar-refractivity contribution is 7.89. The molecule has 0 aliphatic heterocycles. The quantitative estimate of drug-likeness (QED) is 0.788. The van der Waals surface area contributed by atoms with Crippen molar-refractivity contribution in [2.45, 2.75) is 24.8 Å². The SMILES string of the molecule is CCN[C@H](C)CNS(=O)(=O)c1ccc(Cl)c(F)c1Cl. The first-order valence-electron chi connectivity index (χ1n) is 5.66. The lowest BCUT2D eigenvalue weighted by molar-refractivity contribution is 0.535. The van der Waals surface area contributed by atoms with E-state index in [1.165, 1.54) is 6.07 Å². The molecule has 2 N–H and O–H groups in total. The average Bonchev–Trinajstić information content (AvgIpc) is 2.34. The Morgan fingerprint density at radius 1 is 1.37 bits per heavy atom. The summed E-state index contributed by atoms with van der Waals surface area (Å²) in [6.07, 6.45) is 0. The van der Waals surface area contributed by atoms with Gasteiger partial charge in [-0.05, 0) is 25.6 Å². The van der Waals surface area contributed by atoms with Crippen molar-refractivity contribution in [1.82, 2.24) is 10.0 Å². The Bertz CT molecular complexity index is 552. The van der Waals surface area contributed by atoms with Gasteiger partial charge in [0, 0.05) is 12.6 Å². The van der Waals surface area contributed by atoms with Crippen LogP contribution in [0.25, 0.3) is 0 Å². The van der Waals surface area contributed by atoms with E-state index in [9.17, 15) is 12.8 Å². The van der Waals surface area contributed by atoms with Gasteiger partial charge in [0.25, 0.3) is 0 Å². The van der Waals surface area contributed by atoms with Crippen LogP contribution in [0.2, 0.25) is 10.0 Å². The third kappa shape index (κ3) is 4.29. The molecule has 0 bridgehead atoms. The van der Waals surface area contributed by atoms with E-state index in [-0.39, 0.29) is 22.5 Å². The van der Waals surface area contributed by atoms with Crippen LogP contribution in [0.1, 0.15) is 13.8 Å². The van der Waals surface area contributed by atoms with Crippen LogP contribution < -0.4 is 10.0 Å². The molecule has 0 aliphatic carbocycles. The van der Waals surface area contributed by atoms with Gasteiger partial charge in [-0.15, -0.1) is 0 Å². The average molecular weight is 329 g/mol. The molecule has 0 fully saturated rings. The van der Waals surface area contributed by atoms with Gasteiger partial charge in [-0.25, -0.2) is 17.5 Å². The molecule has 0 aliphatic rings. The molecule has 1 atom stereocenters. The summed E-state index contributed by atoms with van der Waals surface area (Å²) in [6, 6.07) is 2.29. The van der Waals surface area contributed by atoms with E-state index in [1.54, 1.807) is 0 Å². The molecule has 0 unspecified atom stereocenters. The van der Waals surface area contributed by atoms with Crippen molar-refractivity contribution in [1.29, 1.82) is 0 Å². The van der Waals surface area contributed by atoms with Crippen LogP contribution in [0.3, 0.4) is 0 Å². The van der Waals surface area contributed by atoms with Crippen LogP contribution >= 0.6 is 23.2 Å². The second kappa shape index (κ2) is 6.85. The van der Waals surface area contributed by atoms with E-state index in [2.05, 4.69) is 10.0 Å². The molecule has 1 aromatic rings. The van der Waals surface area contributed by atoms with Crippen molar-refractivity contribution in [3.05, 3.63) is 28.0 Å². The lowest BCUT2D eigenvalue weighted by Crippen LogP contribution is -2.38. The Morgan fingerprint density at radius 3 is 2.58 bits per heavy atom. The minimum Gasteiger partial charge on any atom is -0.313 e. The lowest BCUT2D eigenvalue weighted by Gasteiger charge is -2.14. The Morgan fingerprint density at radius 2 is 2.00 bits per heavy atom. The number of nitrogens with one attached hydrogen (secondary N) is 2. The normalized spacial score (nSPS) is 13.5. The molecular formula is C11H15Cl2FN2O2S. The van der Waals surface area contributed by atoms with E-state index >= 15 is 0 Å². The van der Waals surface area contributed by atoms with E-state index in [0.717, 1.165) is 12.6 Å². The molecule has 108 valence electrons.